The molecular weight excluding hydrogens is 310 g/mol. The second-order valence-electron chi connectivity index (χ2n) is 6.45. The maximum atomic E-state index is 12.2. The lowest BCUT2D eigenvalue weighted by Crippen LogP contribution is -2.44. The summed E-state index contributed by atoms with van der Waals surface area (Å²) in [6, 6.07) is 19.8. The maximum Gasteiger partial charge on any atom is 0.408 e. The molecular formula is C22H27NO2. The molecule has 2 rings (SSSR count). The summed E-state index contributed by atoms with van der Waals surface area (Å²) in [5, 5.41) is 3.02. The molecule has 0 aliphatic rings. The maximum absolute atomic E-state index is 12.2. The molecule has 2 aromatic rings. The Morgan fingerprint density at radius 3 is 2.36 bits per heavy atom. The molecule has 3 heteroatoms. The van der Waals surface area contributed by atoms with E-state index in [2.05, 4.69) is 18.3 Å². The summed E-state index contributed by atoms with van der Waals surface area (Å²) < 4.78 is 5.37. The molecule has 132 valence electrons. The highest BCUT2D eigenvalue weighted by molar-refractivity contribution is 5.69. The molecule has 1 amide bonds. The van der Waals surface area contributed by atoms with Crippen molar-refractivity contribution in [2.45, 2.75) is 45.3 Å². The van der Waals surface area contributed by atoms with Gasteiger partial charge in [0.2, 0.25) is 0 Å². The van der Waals surface area contributed by atoms with Gasteiger partial charge in [0, 0.05) is 0 Å². The molecule has 0 bridgehead atoms. The highest BCUT2D eigenvalue weighted by Gasteiger charge is 2.23. The summed E-state index contributed by atoms with van der Waals surface area (Å²) in [4.78, 5) is 12.2. The highest BCUT2D eigenvalue weighted by atomic mass is 16.5. The van der Waals surface area contributed by atoms with Crippen molar-refractivity contribution in [3.05, 3.63) is 77.9 Å². The van der Waals surface area contributed by atoms with Gasteiger partial charge in [-0.2, -0.15) is 0 Å². The molecule has 3 nitrogen and oxygen atoms in total. The minimum absolute atomic E-state index is 0.277. The number of alkyl carbamates (subject to hydrolysis) is 1. The van der Waals surface area contributed by atoms with Crippen LogP contribution in [0.2, 0.25) is 0 Å². The molecule has 0 saturated heterocycles. The Balaban J connectivity index is 1.97. The molecule has 0 spiro atoms. The van der Waals surface area contributed by atoms with Crippen molar-refractivity contribution < 1.29 is 9.53 Å². The van der Waals surface area contributed by atoms with Crippen LogP contribution >= 0.6 is 0 Å². The number of ether oxygens (including phenoxy) is 1. The van der Waals surface area contributed by atoms with E-state index in [1.54, 1.807) is 0 Å². The lowest BCUT2D eigenvalue weighted by atomic mass is 9.93. The van der Waals surface area contributed by atoms with Gasteiger partial charge in [-0.15, -0.1) is 0 Å². The van der Waals surface area contributed by atoms with E-state index in [1.807, 2.05) is 73.7 Å². The van der Waals surface area contributed by atoms with Gasteiger partial charge in [-0.1, -0.05) is 92.6 Å². The van der Waals surface area contributed by atoms with Gasteiger partial charge in [-0.25, -0.2) is 4.79 Å². The van der Waals surface area contributed by atoms with Gasteiger partial charge in [0.1, 0.15) is 6.61 Å². The van der Waals surface area contributed by atoms with Crippen LogP contribution in [0.5, 0.6) is 0 Å². The van der Waals surface area contributed by atoms with Crippen molar-refractivity contribution >= 4 is 12.2 Å². The minimum atomic E-state index is -0.431. The van der Waals surface area contributed by atoms with Gasteiger partial charge in [-0.3, -0.25) is 0 Å². The SMILES string of the molecule is CCCC[C@@](C)(/C=C/c1ccccc1)NC(=O)OCc1ccccc1. The first-order chi connectivity index (χ1) is 12.1. The second-order valence-corrected chi connectivity index (χ2v) is 6.45. The van der Waals surface area contributed by atoms with Crippen LogP contribution in [-0.4, -0.2) is 11.6 Å². The van der Waals surface area contributed by atoms with Crippen LogP contribution in [0.4, 0.5) is 4.79 Å². The van der Waals surface area contributed by atoms with E-state index in [0.717, 1.165) is 30.4 Å². The molecule has 25 heavy (non-hydrogen) atoms. The normalized spacial score (nSPS) is 13.4. The number of hydrogen-bond donors (Lipinski definition) is 1. The number of unbranched alkanes of at least 4 members (excludes halogenated alkanes) is 1. The van der Waals surface area contributed by atoms with E-state index in [1.165, 1.54) is 0 Å². The zero-order chi connectivity index (χ0) is 18.0. The molecule has 0 fully saturated rings. The van der Waals surface area contributed by atoms with E-state index in [4.69, 9.17) is 4.74 Å². The van der Waals surface area contributed by atoms with Crippen LogP contribution < -0.4 is 5.32 Å². The molecule has 0 aliphatic carbocycles. The number of amides is 1. The Labute approximate surface area is 150 Å². The molecule has 0 unspecified atom stereocenters. The topological polar surface area (TPSA) is 38.3 Å². The van der Waals surface area contributed by atoms with Gasteiger partial charge in [0.15, 0.2) is 0 Å². The van der Waals surface area contributed by atoms with Crippen LogP contribution in [0.3, 0.4) is 0 Å². The third kappa shape index (κ3) is 6.84. The van der Waals surface area contributed by atoms with Crippen molar-refractivity contribution in [3.8, 4) is 0 Å². The number of rotatable bonds is 8. The largest absolute Gasteiger partial charge is 0.445 e. The van der Waals surface area contributed by atoms with Gasteiger partial charge in [-0.05, 0) is 24.5 Å². The lowest BCUT2D eigenvalue weighted by molar-refractivity contribution is 0.131. The fourth-order valence-corrected chi connectivity index (χ4v) is 2.57. The second kappa shape index (κ2) is 9.67. The van der Waals surface area contributed by atoms with E-state index in [0.29, 0.717) is 0 Å². The van der Waals surface area contributed by atoms with Crippen molar-refractivity contribution in [1.82, 2.24) is 5.32 Å². The van der Waals surface area contributed by atoms with Gasteiger partial charge < -0.3 is 10.1 Å². The van der Waals surface area contributed by atoms with E-state index in [9.17, 15) is 4.79 Å². The van der Waals surface area contributed by atoms with E-state index in [-0.39, 0.29) is 12.7 Å². The Hall–Kier alpha value is -2.55. The standard InChI is InChI=1S/C22H27NO2/c1-3-4-16-22(2,17-15-19-11-7-5-8-12-19)23-21(24)25-18-20-13-9-6-10-14-20/h5-15,17H,3-4,16,18H2,1-2H3,(H,23,24)/b17-15+/t22-/m0/s1. The summed E-state index contributed by atoms with van der Waals surface area (Å²) in [7, 11) is 0. The molecule has 0 aliphatic heterocycles. The van der Waals surface area contributed by atoms with Crippen molar-refractivity contribution in [2.75, 3.05) is 0 Å². The quantitative estimate of drug-likeness (QED) is 0.683. The zero-order valence-electron chi connectivity index (χ0n) is 15.1. The van der Waals surface area contributed by atoms with Crippen LogP contribution in [0, 0.1) is 0 Å². The van der Waals surface area contributed by atoms with Crippen LogP contribution in [0.25, 0.3) is 6.08 Å². The first-order valence-corrected chi connectivity index (χ1v) is 8.84. The van der Waals surface area contributed by atoms with Gasteiger partial charge in [0.05, 0.1) is 5.54 Å². The fourth-order valence-electron chi connectivity index (χ4n) is 2.57. The average Bonchev–Trinajstić information content (AvgIpc) is 2.65. The lowest BCUT2D eigenvalue weighted by Gasteiger charge is -2.27. The predicted molar refractivity (Wildman–Crippen MR) is 103 cm³/mol. The first-order valence-electron chi connectivity index (χ1n) is 8.84. The fraction of sp³-hybridized carbons (Fsp3) is 0.318. The van der Waals surface area contributed by atoms with E-state index < -0.39 is 5.54 Å². The minimum Gasteiger partial charge on any atom is -0.445 e. The van der Waals surface area contributed by atoms with Crippen LogP contribution in [0.1, 0.15) is 44.2 Å². The number of nitrogens with one attached hydrogen (secondary N) is 1. The molecule has 0 aromatic heterocycles. The summed E-state index contributed by atoms with van der Waals surface area (Å²) in [5.74, 6) is 0. The third-order valence-electron chi connectivity index (χ3n) is 4.09. The van der Waals surface area contributed by atoms with Crippen molar-refractivity contribution in [3.63, 3.8) is 0 Å². The average molecular weight is 337 g/mol. The van der Waals surface area contributed by atoms with Crippen LogP contribution in [0.15, 0.2) is 66.7 Å². The molecule has 0 radical (unpaired) electrons. The smallest absolute Gasteiger partial charge is 0.408 e. The zero-order valence-corrected chi connectivity index (χ0v) is 15.1. The van der Waals surface area contributed by atoms with Crippen molar-refractivity contribution in [2.24, 2.45) is 0 Å². The molecule has 0 heterocycles. The Kier molecular flexibility index (Phi) is 7.27. The molecule has 2 aromatic carbocycles. The summed E-state index contributed by atoms with van der Waals surface area (Å²) in [5.41, 5.74) is 1.66. The summed E-state index contributed by atoms with van der Waals surface area (Å²) >= 11 is 0. The van der Waals surface area contributed by atoms with Gasteiger partial charge in [0.25, 0.3) is 0 Å². The predicted octanol–water partition coefficient (Wildman–Crippen LogP) is 5.58. The Bertz CT molecular complexity index is 667. The van der Waals surface area contributed by atoms with E-state index >= 15 is 0 Å². The number of carbonyl (C=O) groups excluding carboxylic acids is 1. The van der Waals surface area contributed by atoms with Gasteiger partial charge >= 0.3 is 6.09 Å². The Morgan fingerprint density at radius 2 is 1.72 bits per heavy atom. The number of carbonyl (C=O) groups is 1. The molecule has 0 saturated carbocycles. The summed E-state index contributed by atoms with van der Waals surface area (Å²) in [6.07, 6.45) is 6.70. The molecule has 1 atom stereocenters. The first kappa shape index (κ1) is 18.8. The summed E-state index contributed by atoms with van der Waals surface area (Å²) in [6.45, 7) is 4.46. The number of hydrogen-bond acceptors (Lipinski definition) is 2. The Morgan fingerprint density at radius 1 is 1.08 bits per heavy atom. The third-order valence-corrected chi connectivity index (χ3v) is 4.09. The highest BCUT2D eigenvalue weighted by Crippen LogP contribution is 2.18. The number of benzene rings is 2. The monoisotopic (exact) mass is 337 g/mol. The van der Waals surface area contributed by atoms with Crippen LogP contribution in [-0.2, 0) is 11.3 Å². The molecule has 1 N–H and O–H groups in total. The van der Waals surface area contributed by atoms with Crippen molar-refractivity contribution in [1.29, 1.82) is 0 Å².